The van der Waals surface area contributed by atoms with Crippen LogP contribution in [0.15, 0.2) is 195 Å². The van der Waals surface area contributed by atoms with E-state index in [9.17, 15) is 2.74 Å². The zero-order valence-electron chi connectivity index (χ0n) is 97.3. The van der Waals surface area contributed by atoms with E-state index >= 15 is 0 Å². The molecule has 0 atom stereocenters. The first-order valence-electron chi connectivity index (χ1n) is 51.6. The van der Waals surface area contributed by atoms with Gasteiger partial charge in [-0.25, -0.2) is 18.3 Å². The second-order valence-electron chi connectivity index (χ2n) is 43.7. The monoisotopic (exact) mass is 1740 g/mol. The van der Waals surface area contributed by atoms with Crippen molar-refractivity contribution in [2.45, 2.75) is 270 Å². The number of hydrogen-bond donors (Lipinski definition) is 0. The molecule has 0 aliphatic heterocycles. The van der Waals surface area contributed by atoms with E-state index in [1.807, 2.05) is 163 Å². The average molecular weight is 1740 g/mol. The maximum atomic E-state index is 9.24. The van der Waals surface area contributed by atoms with Gasteiger partial charge < -0.3 is 0 Å². The van der Waals surface area contributed by atoms with Gasteiger partial charge in [-0.3, -0.25) is 0 Å². The van der Waals surface area contributed by atoms with Gasteiger partial charge in [-0.05, 0) is 243 Å². The predicted octanol–water partition coefficient (Wildman–Crippen LogP) is 27.6. The summed E-state index contributed by atoms with van der Waals surface area (Å²) in [7, 11) is 1.27. The first kappa shape index (κ1) is 79.8. The predicted molar refractivity (Wildman–Crippen MR) is 555 cm³/mol. The molecule has 0 fully saturated rings. The molecule has 8 heteroatoms. The Morgan fingerprint density at radius 2 is 0.460 bits per heavy atom. The quantitative estimate of drug-likeness (QED) is 0.0677. The van der Waals surface area contributed by atoms with Gasteiger partial charge in [-0.2, -0.15) is 0 Å². The third-order valence-electron chi connectivity index (χ3n) is 22.8. The van der Waals surface area contributed by atoms with Crippen molar-refractivity contribution in [3.8, 4) is 89.5 Å². The summed E-state index contributed by atoms with van der Waals surface area (Å²) in [5.41, 5.74) is 29.2. The van der Waals surface area contributed by atoms with Crippen molar-refractivity contribution in [2.75, 3.05) is 0 Å². The molecule has 656 valence electrons. The molecule has 12 aromatic rings. The number of aryl methyl sites for hydroxylation is 16. The van der Waals surface area contributed by atoms with Crippen LogP contribution < -0.4 is 39.0 Å². The summed E-state index contributed by atoms with van der Waals surface area (Å²) < 4.78 is 128. The van der Waals surface area contributed by atoms with E-state index in [4.69, 9.17) is 16.4 Å². The van der Waals surface area contributed by atoms with Crippen LogP contribution >= 0.6 is 0 Å². The Kier molecular flexibility index (Phi) is 24.7. The van der Waals surface area contributed by atoms with Gasteiger partial charge in [0.05, 0.1) is 32.3 Å². The zero-order valence-corrected chi connectivity index (χ0v) is 87.3. The van der Waals surface area contributed by atoms with E-state index in [-0.39, 0.29) is 11.1 Å². The molecule has 0 saturated carbocycles. The number of aromatic nitrogens is 4. The fourth-order valence-corrected chi connectivity index (χ4v) is 22.9. The third kappa shape index (κ3) is 25.8. The van der Waals surface area contributed by atoms with Gasteiger partial charge in [0.1, 0.15) is 28.2 Å². The summed E-state index contributed by atoms with van der Waals surface area (Å²) in [6, 6.07) is 61.2. The molecule has 0 aliphatic rings. The normalized spacial score (nSPS) is 14.7. The second kappa shape index (κ2) is 38.4. The topological polar surface area (TPSA) is 15.5 Å². The maximum absolute atomic E-state index is 9.24. The SMILES string of the molecule is [2H]C([2H])([2H])c1c[n+](C)c(-c2cc(-c3ccc(C)cc3)c([Si](C)(C)C)cc2C)cc1C.[2H]C([2H])([2H])c1c[n+](C)c(-c2cc(-c3ccc(C)cc3)c([Si](C)(C)C)cc2C)cc1C([2H])([2H])C(C)(C)C.[2H]C([2H])(c1c[n+](C)c(-c2cc(-c3ccc(C)cc3)c([Si](C)(C)C)cc2C)cc1C)C(C)(C)C.[2H]C([2H])(c1cc(-c2cc(-c3ccc(C)cc3)c([Si](C)(C)C)cc2C)[n+](C)cc1C([2H])([2H])C(C)(C)C)C(C)(C)C. The molecule has 124 heavy (non-hydrogen) atoms. The van der Waals surface area contributed by atoms with Gasteiger partial charge in [0.15, 0.2) is 24.8 Å². The van der Waals surface area contributed by atoms with Gasteiger partial charge in [0.25, 0.3) is 0 Å². The minimum Gasteiger partial charge on any atom is -0.201 e. The number of pyridine rings is 4. The fraction of sp³-hybridized carbons (Fsp3) is 0.414. The van der Waals surface area contributed by atoms with Crippen LogP contribution in [0.25, 0.3) is 89.5 Å². The molecule has 0 N–H and O–H groups in total. The zero-order chi connectivity index (χ0) is 105. The molecule has 4 aromatic heterocycles. The van der Waals surface area contributed by atoms with Crippen LogP contribution in [0.5, 0.6) is 0 Å². The average Bonchev–Trinajstić information content (AvgIpc) is 0.730. The van der Waals surface area contributed by atoms with Gasteiger partial charge in [0.2, 0.25) is 22.8 Å². The second-order valence-corrected chi connectivity index (χ2v) is 63.9. The molecule has 4 nitrogen and oxygen atoms in total. The highest BCUT2D eigenvalue weighted by molar-refractivity contribution is 6.91. The Labute approximate surface area is 779 Å². The van der Waals surface area contributed by atoms with E-state index < -0.39 is 93.2 Å². The molecule has 4 heterocycles. The molecule has 0 spiro atoms. The van der Waals surface area contributed by atoms with Crippen LogP contribution in [0.2, 0.25) is 78.6 Å². The molecule has 0 amide bonds. The molecular weight excluding hydrogens is 1560 g/mol. The lowest BCUT2D eigenvalue weighted by molar-refractivity contribution is -0.661. The Bertz CT molecular complexity index is 6490. The summed E-state index contributed by atoms with van der Waals surface area (Å²) in [5.74, 6) is 0. The first-order valence-corrected chi connectivity index (χ1v) is 58.6. The number of hydrogen-bond acceptors (Lipinski definition) is 0. The van der Waals surface area contributed by atoms with E-state index in [0.717, 1.165) is 72.8 Å². The van der Waals surface area contributed by atoms with E-state index in [0.29, 0.717) is 16.7 Å². The minimum absolute atomic E-state index is 0.0591. The molecule has 0 aliphatic carbocycles. The lowest BCUT2D eigenvalue weighted by atomic mass is 9.81. The third-order valence-corrected chi connectivity index (χ3v) is 30.9. The van der Waals surface area contributed by atoms with E-state index in [1.54, 1.807) is 18.5 Å². The Morgan fingerprint density at radius 1 is 0.234 bits per heavy atom. The highest BCUT2D eigenvalue weighted by Crippen LogP contribution is 2.38. The lowest BCUT2D eigenvalue weighted by Gasteiger charge is -2.25. The molecular formula is C116H160N4Si4+4. The summed E-state index contributed by atoms with van der Waals surface area (Å²) in [6.45, 7) is 67.6. The summed E-state index contributed by atoms with van der Waals surface area (Å²) in [4.78, 5) is 0. The van der Waals surface area contributed by atoms with Crippen LogP contribution in [0, 0.1) is 105 Å². The smallest absolute Gasteiger partial charge is 0.201 e. The van der Waals surface area contributed by atoms with Crippen molar-refractivity contribution < 1.29 is 37.5 Å². The van der Waals surface area contributed by atoms with Crippen molar-refractivity contribution in [3.05, 3.63) is 284 Å². The molecule has 0 saturated heterocycles. The number of nitrogens with zero attached hydrogens (tertiary/aromatic N) is 4. The highest BCUT2D eigenvalue weighted by atomic mass is 28.3. The summed E-state index contributed by atoms with van der Waals surface area (Å²) in [6.07, 6.45) is 0.428. The van der Waals surface area contributed by atoms with Crippen LogP contribution in [-0.4, -0.2) is 32.3 Å². The summed E-state index contributed by atoms with van der Waals surface area (Å²) in [5, 5.41) is 5.71. The molecule has 12 rings (SSSR count). The molecule has 0 bridgehead atoms. The van der Waals surface area contributed by atoms with Gasteiger partial charge in [-0.1, -0.05) is 326 Å². The number of rotatable bonds is 16. The number of benzene rings is 8. The maximum Gasteiger partial charge on any atom is 0.212 e. The van der Waals surface area contributed by atoms with Crippen molar-refractivity contribution in [3.63, 3.8) is 0 Å². The van der Waals surface area contributed by atoms with Gasteiger partial charge in [0, 0.05) is 88.0 Å². The molecule has 0 radical (unpaired) electrons. The van der Waals surface area contributed by atoms with Gasteiger partial charge in [-0.15, -0.1) is 0 Å². The summed E-state index contributed by atoms with van der Waals surface area (Å²) >= 11 is 0. The minimum atomic E-state index is -2.42. The van der Waals surface area contributed by atoms with E-state index in [1.165, 1.54) is 98.6 Å². The Morgan fingerprint density at radius 3 is 0.734 bits per heavy atom. The van der Waals surface area contributed by atoms with Crippen LogP contribution in [0.4, 0.5) is 0 Å². The lowest BCUT2D eigenvalue weighted by Crippen LogP contribution is -2.39. The van der Waals surface area contributed by atoms with Crippen LogP contribution in [-0.2, 0) is 53.7 Å². The van der Waals surface area contributed by atoms with Crippen molar-refractivity contribution in [2.24, 2.45) is 49.9 Å². The van der Waals surface area contributed by atoms with Crippen LogP contribution in [0.3, 0.4) is 0 Å². The fourth-order valence-electron chi connectivity index (χ4n) is 16.2. The largest absolute Gasteiger partial charge is 0.212 e. The van der Waals surface area contributed by atoms with Gasteiger partial charge >= 0.3 is 0 Å². The Hall–Kier alpha value is -8.77. The van der Waals surface area contributed by atoms with Crippen molar-refractivity contribution in [1.82, 2.24) is 0 Å². The van der Waals surface area contributed by atoms with Crippen LogP contribution in [0.1, 0.15) is 191 Å². The molecule has 8 aromatic carbocycles. The first-order chi connectivity index (χ1) is 62.6. The highest BCUT2D eigenvalue weighted by Gasteiger charge is 2.33. The Balaban J connectivity index is 0.000000207. The van der Waals surface area contributed by atoms with Crippen molar-refractivity contribution >= 4 is 53.0 Å². The van der Waals surface area contributed by atoms with Crippen molar-refractivity contribution in [1.29, 1.82) is 0 Å². The molecule has 0 unspecified atom stereocenters. The standard InChI is InChI=1S/C33H48NSi.2C29H40NSi.C25H32NSi/c1-23-13-15-25(16-14-23)29-19-28(24(2)17-31(29)35(10,11)12)30-18-26(20-32(3,4)5)27(22-34(30)9)21-33(6,7)8;1-20-11-13-23(14-12-20)26-17-25(21(2)15-28(26)31(8,9)10)27-16-24(18-29(4,5)6)22(3)19-30(27)7;1-20-11-13-23(14-12-20)26-17-25(22(3)16-28(26)31(8,9)10)27-15-21(2)24(19-30(27)7)18-29(4,5)6;1-17-9-11-21(12-10-17)23-15-22(19(3)14-25(23)27(6,7)8)24-13-18(2)20(4)16-26(24)5/h13-19,22H,20-21H2,1-12H3;2*11-17,19H,18H2,1-10H3;9-16H,1-8H3/q4*+1/i20D2,21D2;3D3,18D2;18D2;4D3. The van der Waals surface area contributed by atoms with E-state index in [2.05, 4.69) is 290 Å².